The van der Waals surface area contributed by atoms with Crippen LogP contribution < -0.4 is 10.6 Å². The highest BCUT2D eigenvalue weighted by molar-refractivity contribution is 5.97. The van der Waals surface area contributed by atoms with Crippen LogP contribution in [0, 0.1) is 20.8 Å². The van der Waals surface area contributed by atoms with E-state index in [1.165, 1.54) is 0 Å². The van der Waals surface area contributed by atoms with Crippen molar-refractivity contribution in [3.8, 4) is 5.69 Å². The van der Waals surface area contributed by atoms with E-state index in [0.29, 0.717) is 5.56 Å². The van der Waals surface area contributed by atoms with Gasteiger partial charge in [0.15, 0.2) is 6.61 Å². The molecule has 0 unspecified atom stereocenters. The quantitative estimate of drug-likeness (QED) is 0.791. The summed E-state index contributed by atoms with van der Waals surface area (Å²) in [6.07, 6.45) is 0. The zero-order valence-electron chi connectivity index (χ0n) is 17.2. The molecule has 0 radical (unpaired) electrons. The van der Waals surface area contributed by atoms with Gasteiger partial charge in [-0.05, 0) is 59.7 Å². The number of nitrogens with zero attached hydrogens (tertiary/aromatic N) is 1. The normalized spacial score (nSPS) is 11.1. The Balaban J connectivity index is 2.03. The molecule has 7 nitrogen and oxygen atoms in total. The molecule has 7 heteroatoms. The highest BCUT2D eigenvalue weighted by Gasteiger charge is 2.20. The number of amides is 3. The van der Waals surface area contributed by atoms with Gasteiger partial charge < -0.3 is 14.6 Å². The lowest BCUT2D eigenvalue weighted by Gasteiger charge is -2.20. The summed E-state index contributed by atoms with van der Waals surface area (Å²) in [5, 5.41) is 4.73. The number of rotatable bonds is 4. The van der Waals surface area contributed by atoms with E-state index in [4.69, 9.17) is 4.74 Å². The van der Waals surface area contributed by atoms with Gasteiger partial charge in [0.05, 0.1) is 5.56 Å². The first-order chi connectivity index (χ1) is 13.0. The lowest BCUT2D eigenvalue weighted by molar-refractivity contribution is -0.123. The molecule has 0 spiro atoms. The molecule has 28 heavy (non-hydrogen) atoms. The molecule has 0 aliphatic rings. The second-order valence-electron chi connectivity index (χ2n) is 7.78. The van der Waals surface area contributed by atoms with Crippen LogP contribution in [0.15, 0.2) is 30.3 Å². The summed E-state index contributed by atoms with van der Waals surface area (Å²) in [4.78, 5) is 35.9. The molecule has 2 N–H and O–H groups in total. The number of urea groups is 1. The first kappa shape index (κ1) is 21.2. The van der Waals surface area contributed by atoms with Crippen LogP contribution in [0.5, 0.6) is 0 Å². The number of imide groups is 1. The lowest BCUT2D eigenvalue weighted by Crippen LogP contribution is -2.49. The summed E-state index contributed by atoms with van der Waals surface area (Å²) in [6.45, 7) is 10.6. The van der Waals surface area contributed by atoms with Crippen LogP contribution in [-0.4, -0.2) is 34.6 Å². The summed E-state index contributed by atoms with van der Waals surface area (Å²) in [5.41, 5.74) is 3.59. The monoisotopic (exact) mass is 385 g/mol. The fraction of sp³-hybridized carbons (Fsp3) is 0.381. The van der Waals surface area contributed by atoms with E-state index >= 15 is 0 Å². The summed E-state index contributed by atoms with van der Waals surface area (Å²) < 4.78 is 7.03. The Morgan fingerprint density at radius 3 is 2.21 bits per heavy atom. The maximum Gasteiger partial charge on any atom is 0.340 e. The summed E-state index contributed by atoms with van der Waals surface area (Å²) in [7, 11) is 0. The zero-order valence-corrected chi connectivity index (χ0v) is 17.2. The van der Waals surface area contributed by atoms with E-state index in [0.717, 1.165) is 22.6 Å². The van der Waals surface area contributed by atoms with Crippen molar-refractivity contribution in [3.63, 3.8) is 0 Å². The molecule has 0 aliphatic carbocycles. The van der Waals surface area contributed by atoms with E-state index in [2.05, 4.69) is 10.6 Å². The first-order valence-corrected chi connectivity index (χ1v) is 9.03. The van der Waals surface area contributed by atoms with Gasteiger partial charge in [-0.3, -0.25) is 10.1 Å². The summed E-state index contributed by atoms with van der Waals surface area (Å²) in [5.74, 6) is -1.31. The van der Waals surface area contributed by atoms with Crippen LogP contribution >= 0.6 is 0 Å². The molecule has 150 valence electrons. The summed E-state index contributed by atoms with van der Waals surface area (Å²) in [6, 6.07) is 9.04. The van der Waals surface area contributed by atoms with Crippen molar-refractivity contribution in [2.24, 2.45) is 0 Å². The molecule has 0 aliphatic heterocycles. The minimum absolute atomic E-state index is 0.380. The fourth-order valence-electron chi connectivity index (χ4n) is 2.80. The number of aromatic nitrogens is 1. The molecule has 1 heterocycles. The van der Waals surface area contributed by atoms with Gasteiger partial charge in [0, 0.05) is 22.6 Å². The number of benzene rings is 1. The third kappa shape index (κ3) is 5.45. The number of carbonyl (C=O) groups excluding carboxylic acids is 3. The average Bonchev–Trinajstić information content (AvgIpc) is 2.86. The predicted molar refractivity (Wildman–Crippen MR) is 107 cm³/mol. The fourth-order valence-corrected chi connectivity index (χ4v) is 2.80. The zero-order chi connectivity index (χ0) is 21.1. The molecule has 3 amide bonds. The van der Waals surface area contributed by atoms with Gasteiger partial charge in [0.2, 0.25) is 0 Å². The maximum absolute atomic E-state index is 12.4. The Labute approximate surface area is 165 Å². The number of nitrogens with one attached hydrogen (secondary N) is 2. The standard InChI is InChI=1S/C21H27N3O4/c1-13-7-9-16(10-8-13)24-14(2)11-17(15(24)3)19(26)28-12-18(25)22-20(27)23-21(4,5)6/h7-11H,12H2,1-6H3,(H2,22,23,25,27). The Bertz CT molecular complexity index is 890. The van der Waals surface area contributed by atoms with Crippen LogP contribution in [0.25, 0.3) is 5.69 Å². The van der Waals surface area contributed by atoms with Gasteiger partial charge in [-0.1, -0.05) is 17.7 Å². The lowest BCUT2D eigenvalue weighted by atomic mass is 10.1. The average molecular weight is 385 g/mol. The second-order valence-corrected chi connectivity index (χ2v) is 7.78. The second kappa shape index (κ2) is 8.29. The van der Waals surface area contributed by atoms with Gasteiger partial charge >= 0.3 is 12.0 Å². The van der Waals surface area contributed by atoms with Crippen LogP contribution in [0.2, 0.25) is 0 Å². The highest BCUT2D eigenvalue weighted by Crippen LogP contribution is 2.21. The number of ether oxygens (including phenoxy) is 1. The molecule has 0 saturated heterocycles. The molecular formula is C21H27N3O4. The van der Waals surface area contributed by atoms with Gasteiger partial charge in [0.25, 0.3) is 5.91 Å². The Kier molecular flexibility index (Phi) is 6.28. The van der Waals surface area contributed by atoms with E-state index in [-0.39, 0.29) is 0 Å². The van der Waals surface area contributed by atoms with Gasteiger partial charge in [-0.2, -0.15) is 0 Å². The molecular weight excluding hydrogens is 358 g/mol. The number of hydrogen-bond acceptors (Lipinski definition) is 4. The third-order valence-electron chi connectivity index (χ3n) is 4.02. The molecule has 2 rings (SSSR count). The number of aryl methyl sites for hydroxylation is 2. The number of carbonyl (C=O) groups is 3. The SMILES string of the molecule is Cc1ccc(-n2c(C)cc(C(=O)OCC(=O)NC(=O)NC(C)(C)C)c2C)cc1. The van der Waals surface area contributed by atoms with Crippen LogP contribution in [0.3, 0.4) is 0 Å². The Morgan fingerprint density at radius 2 is 1.64 bits per heavy atom. The molecule has 0 bridgehead atoms. The Morgan fingerprint density at radius 1 is 1.04 bits per heavy atom. The van der Waals surface area contributed by atoms with Crippen molar-refractivity contribution in [2.45, 2.75) is 47.1 Å². The molecule has 0 atom stereocenters. The molecule has 0 fully saturated rings. The van der Waals surface area contributed by atoms with E-state index in [1.807, 2.05) is 49.6 Å². The summed E-state index contributed by atoms with van der Waals surface area (Å²) >= 11 is 0. The maximum atomic E-state index is 12.4. The largest absolute Gasteiger partial charge is 0.452 e. The number of hydrogen-bond donors (Lipinski definition) is 2. The minimum Gasteiger partial charge on any atom is -0.452 e. The van der Waals surface area contributed by atoms with Gasteiger partial charge in [-0.25, -0.2) is 9.59 Å². The molecule has 2 aromatic rings. The van der Waals surface area contributed by atoms with Crippen LogP contribution in [0.4, 0.5) is 4.79 Å². The van der Waals surface area contributed by atoms with E-state index < -0.39 is 30.1 Å². The third-order valence-corrected chi connectivity index (χ3v) is 4.02. The van der Waals surface area contributed by atoms with Crippen LogP contribution in [0.1, 0.15) is 48.1 Å². The highest BCUT2D eigenvalue weighted by atomic mass is 16.5. The van der Waals surface area contributed by atoms with Crippen molar-refractivity contribution in [2.75, 3.05) is 6.61 Å². The van der Waals surface area contributed by atoms with Crippen molar-refractivity contribution < 1.29 is 19.1 Å². The predicted octanol–water partition coefficient (Wildman–Crippen LogP) is 3.18. The first-order valence-electron chi connectivity index (χ1n) is 9.03. The topological polar surface area (TPSA) is 89.4 Å². The van der Waals surface area contributed by atoms with Crippen molar-refractivity contribution >= 4 is 17.9 Å². The van der Waals surface area contributed by atoms with Crippen molar-refractivity contribution in [1.82, 2.24) is 15.2 Å². The molecule has 0 saturated carbocycles. The van der Waals surface area contributed by atoms with E-state index in [1.54, 1.807) is 26.8 Å². The van der Waals surface area contributed by atoms with Gasteiger partial charge in [0.1, 0.15) is 0 Å². The minimum atomic E-state index is -0.692. The number of esters is 1. The van der Waals surface area contributed by atoms with Crippen molar-refractivity contribution in [1.29, 1.82) is 0 Å². The smallest absolute Gasteiger partial charge is 0.340 e. The molecule has 1 aromatic carbocycles. The van der Waals surface area contributed by atoms with Gasteiger partial charge in [-0.15, -0.1) is 0 Å². The Hall–Kier alpha value is -3.09. The molecule has 1 aromatic heterocycles. The van der Waals surface area contributed by atoms with Crippen molar-refractivity contribution in [3.05, 3.63) is 52.8 Å². The van der Waals surface area contributed by atoms with E-state index in [9.17, 15) is 14.4 Å². The van der Waals surface area contributed by atoms with Crippen LogP contribution in [-0.2, 0) is 9.53 Å².